The van der Waals surface area contributed by atoms with Crippen LogP contribution in [0, 0.1) is 0 Å². The van der Waals surface area contributed by atoms with E-state index < -0.39 is 5.91 Å². The van der Waals surface area contributed by atoms with E-state index in [1.165, 1.54) is 0 Å². The quantitative estimate of drug-likeness (QED) is 0.273. The Morgan fingerprint density at radius 2 is 1.97 bits per heavy atom. The zero-order valence-electron chi connectivity index (χ0n) is 18.6. The van der Waals surface area contributed by atoms with E-state index in [0.29, 0.717) is 19.4 Å². The molecule has 7 N–H and O–H groups in total. The van der Waals surface area contributed by atoms with Crippen LogP contribution in [0.2, 0.25) is 5.15 Å². The number of hydrogen-bond acceptors (Lipinski definition) is 7. The molecule has 0 fully saturated rings. The zero-order chi connectivity index (χ0) is 24.1. The van der Waals surface area contributed by atoms with Gasteiger partial charge in [-0.3, -0.25) is 9.59 Å². The van der Waals surface area contributed by atoms with Crippen LogP contribution in [-0.2, 0) is 31.4 Å². The van der Waals surface area contributed by atoms with Crippen molar-refractivity contribution in [1.29, 1.82) is 0 Å². The molecule has 0 saturated heterocycles. The number of aliphatic hydroxyl groups is 1. The lowest BCUT2D eigenvalue weighted by Crippen LogP contribution is -2.38. The van der Waals surface area contributed by atoms with E-state index in [4.69, 9.17) is 28.2 Å². The second-order valence-corrected chi connectivity index (χ2v) is 7.79. The van der Waals surface area contributed by atoms with Gasteiger partial charge in [-0.1, -0.05) is 17.7 Å². The maximum Gasteiger partial charge on any atom is 0.276 e. The van der Waals surface area contributed by atoms with Gasteiger partial charge in [-0.05, 0) is 31.0 Å². The molecule has 12 heteroatoms. The summed E-state index contributed by atoms with van der Waals surface area (Å²) in [6.07, 6.45) is 0.910. The summed E-state index contributed by atoms with van der Waals surface area (Å²) >= 11 is 5.88. The first-order valence-electron chi connectivity index (χ1n) is 10.5. The zero-order valence-corrected chi connectivity index (χ0v) is 19.3. The number of nitrogens with one attached hydrogen (secondary N) is 2. The van der Waals surface area contributed by atoms with Gasteiger partial charge < -0.3 is 27.2 Å². The van der Waals surface area contributed by atoms with E-state index in [1.807, 2.05) is 36.7 Å². The maximum absolute atomic E-state index is 12.6. The van der Waals surface area contributed by atoms with Crippen molar-refractivity contribution in [1.82, 2.24) is 25.2 Å². The Labute approximate surface area is 195 Å². The van der Waals surface area contributed by atoms with Gasteiger partial charge in [0.25, 0.3) is 11.7 Å². The highest BCUT2D eigenvalue weighted by Crippen LogP contribution is 2.19. The van der Waals surface area contributed by atoms with Crippen LogP contribution in [0.3, 0.4) is 0 Å². The van der Waals surface area contributed by atoms with Crippen molar-refractivity contribution >= 4 is 46.1 Å². The number of aryl methyl sites for hydroxylation is 3. The van der Waals surface area contributed by atoms with Gasteiger partial charge >= 0.3 is 0 Å². The molecule has 2 amide bonds. The van der Waals surface area contributed by atoms with Crippen LogP contribution in [0.4, 0.5) is 11.6 Å². The van der Waals surface area contributed by atoms with Crippen molar-refractivity contribution in [3.05, 3.63) is 40.4 Å². The summed E-state index contributed by atoms with van der Waals surface area (Å²) in [7, 11) is 1.92. The minimum Gasteiger partial charge on any atom is -0.395 e. The smallest absolute Gasteiger partial charge is 0.276 e. The standard InChI is InChI=1S/C21H27ClN8O3/c1-3-30-14-10-12(5-7-15(32)25-8-9-31)4-6-13(14)29(2)16(30)11-26-21(33)17-19(23)28-20(24)18(22)27-17/h4,6,10,31H,3,5,7-9,11H2,1-2H3,(H5-,23,24,25,26,28,32,33)/p+1. The number of aromatic nitrogens is 4. The third-order valence-electron chi connectivity index (χ3n) is 5.31. The van der Waals surface area contributed by atoms with Gasteiger partial charge in [0.15, 0.2) is 33.5 Å². The summed E-state index contributed by atoms with van der Waals surface area (Å²) < 4.78 is 4.10. The molecule has 0 aliphatic carbocycles. The maximum atomic E-state index is 12.6. The Hall–Kier alpha value is -3.44. The van der Waals surface area contributed by atoms with Crippen molar-refractivity contribution in [3.63, 3.8) is 0 Å². The van der Waals surface area contributed by atoms with E-state index in [-0.39, 0.29) is 48.1 Å². The number of imidazole rings is 1. The predicted octanol–water partition coefficient (Wildman–Crippen LogP) is 0.0646. The largest absolute Gasteiger partial charge is 0.395 e. The lowest BCUT2D eigenvalue weighted by Gasteiger charge is -2.07. The van der Waals surface area contributed by atoms with E-state index >= 15 is 0 Å². The lowest BCUT2D eigenvalue weighted by molar-refractivity contribution is -0.654. The van der Waals surface area contributed by atoms with Gasteiger partial charge in [0.05, 0.1) is 20.2 Å². The number of aliphatic hydroxyl groups excluding tert-OH is 1. The summed E-state index contributed by atoms with van der Waals surface area (Å²) in [5.41, 5.74) is 14.3. The first kappa shape index (κ1) is 24.2. The SMILES string of the molecule is CCn1c(CNC(=O)c2nc(Cl)c(N)nc2N)[n+](C)c2ccc(CCC(=O)NCCO)cc21. The summed E-state index contributed by atoms with van der Waals surface area (Å²) in [5, 5.41) is 14.2. The molecular formula is C21H28ClN8O3+. The monoisotopic (exact) mass is 475 g/mol. The molecule has 0 bridgehead atoms. The molecule has 0 radical (unpaired) electrons. The number of carbonyl (C=O) groups is 2. The molecule has 2 heterocycles. The van der Waals surface area contributed by atoms with E-state index in [2.05, 4.69) is 25.2 Å². The van der Waals surface area contributed by atoms with Gasteiger partial charge in [-0.15, -0.1) is 0 Å². The number of benzene rings is 1. The minimum atomic E-state index is -0.510. The number of anilines is 2. The number of halogens is 1. The number of amides is 2. The molecule has 3 aromatic rings. The lowest BCUT2D eigenvalue weighted by atomic mass is 10.1. The van der Waals surface area contributed by atoms with Gasteiger partial charge in [0, 0.05) is 13.0 Å². The van der Waals surface area contributed by atoms with Crippen molar-refractivity contribution < 1.29 is 19.3 Å². The number of fused-ring (bicyclic) bond motifs is 1. The van der Waals surface area contributed by atoms with Crippen molar-refractivity contribution in [2.75, 3.05) is 24.6 Å². The van der Waals surface area contributed by atoms with Gasteiger partial charge in [0.2, 0.25) is 5.91 Å². The molecule has 3 rings (SSSR count). The fourth-order valence-electron chi connectivity index (χ4n) is 3.64. The Morgan fingerprint density at radius 1 is 1.21 bits per heavy atom. The average Bonchev–Trinajstić information content (AvgIpc) is 3.07. The topological polar surface area (TPSA) is 165 Å². The first-order chi connectivity index (χ1) is 15.8. The van der Waals surface area contributed by atoms with Crippen molar-refractivity contribution in [2.45, 2.75) is 32.9 Å². The fraction of sp³-hybridized carbons (Fsp3) is 0.381. The molecule has 176 valence electrons. The Morgan fingerprint density at radius 3 is 2.67 bits per heavy atom. The number of nitrogens with two attached hydrogens (primary N) is 2. The van der Waals surface area contributed by atoms with Crippen LogP contribution in [-0.4, -0.2) is 44.6 Å². The van der Waals surface area contributed by atoms with Crippen molar-refractivity contribution in [2.24, 2.45) is 7.05 Å². The molecule has 1 aromatic carbocycles. The number of nitrogen functional groups attached to an aromatic ring is 2. The van der Waals surface area contributed by atoms with Crippen LogP contribution in [0.5, 0.6) is 0 Å². The number of carbonyl (C=O) groups excluding carboxylic acids is 2. The Kier molecular flexibility index (Phi) is 7.67. The Bertz CT molecular complexity index is 1190. The van der Waals surface area contributed by atoms with E-state index in [0.717, 1.165) is 22.4 Å². The highest BCUT2D eigenvalue weighted by atomic mass is 35.5. The summed E-state index contributed by atoms with van der Waals surface area (Å²) in [6, 6.07) is 6.03. The van der Waals surface area contributed by atoms with Crippen LogP contribution >= 0.6 is 11.6 Å². The highest BCUT2D eigenvalue weighted by molar-refractivity contribution is 6.31. The molecule has 0 atom stereocenters. The second kappa shape index (κ2) is 10.5. The van der Waals surface area contributed by atoms with Crippen LogP contribution in [0.25, 0.3) is 11.0 Å². The molecule has 2 aromatic heterocycles. The third kappa shape index (κ3) is 5.32. The molecular weight excluding hydrogens is 448 g/mol. The van der Waals surface area contributed by atoms with Gasteiger partial charge in [-0.25, -0.2) is 19.1 Å². The van der Waals surface area contributed by atoms with E-state index in [1.54, 1.807) is 0 Å². The highest BCUT2D eigenvalue weighted by Gasteiger charge is 2.24. The number of nitrogens with zero attached hydrogens (tertiary/aromatic N) is 4. The van der Waals surface area contributed by atoms with Crippen LogP contribution in [0.15, 0.2) is 18.2 Å². The van der Waals surface area contributed by atoms with Crippen LogP contribution in [0.1, 0.15) is 35.2 Å². The molecule has 0 aliphatic rings. The number of hydrogen-bond donors (Lipinski definition) is 5. The molecule has 33 heavy (non-hydrogen) atoms. The normalized spacial score (nSPS) is 11.0. The summed E-state index contributed by atoms with van der Waals surface area (Å²) in [6.45, 7) is 3.09. The van der Waals surface area contributed by atoms with E-state index in [9.17, 15) is 9.59 Å². The van der Waals surface area contributed by atoms with Gasteiger partial charge in [-0.2, -0.15) is 0 Å². The predicted molar refractivity (Wildman–Crippen MR) is 124 cm³/mol. The van der Waals surface area contributed by atoms with Crippen molar-refractivity contribution in [3.8, 4) is 0 Å². The van der Waals surface area contributed by atoms with Gasteiger partial charge in [0.1, 0.15) is 6.54 Å². The summed E-state index contributed by atoms with van der Waals surface area (Å²) in [4.78, 5) is 32.3. The molecule has 0 aliphatic heterocycles. The molecule has 0 spiro atoms. The second-order valence-electron chi connectivity index (χ2n) is 7.43. The first-order valence-corrected chi connectivity index (χ1v) is 10.9. The average molecular weight is 476 g/mol. The molecule has 0 saturated carbocycles. The fourth-order valence-corrected chi connectivity index (χ4v) is 3.77. The Balaban J connectivity index is 1.80. The van der Waals surface area contributed by atoms with Crippen LogP contribution < -0.4 is 26.7 Å². The molecule has 11 nitrogen and oxygen atoms in total. The third-order valence-corrected chi connectivity index (χ3v) is 5.59. The molecule has 0 unspecified atom stereocenters. The number of rotatable bonds is 9. The summed E-state index contributed by atoms with van der Waals surface area (Å²) in [5.74, 6) is 0.123. The minimum absolute atomic E-state index is 0.0371.